The molecule has 1 aromatic carbocycles. The summed E-state index contributed by atoms with van der Waals surface area (Å²) in [5.74, 6) is 0.925. The molecular weight excluding hydrogens is 388 g/mol. The largest absolute Gasteiger partial charge is 0.382 e. The van der Waals surface area contributed by atoms with Crippen LogP contribution in [-0.2, 0) is 0 Å². The standard InChI is InChI=1S/C20H17ClN8/c1-12(27-20-18(22-2)19(23-3)25-11-26-20)14-9-16-24-10-15(21)29(16)28-17(14)13-7-5-4-6-8-13/h4-12H,1,3H3,(H2,23,25,26,27)/t12-/m1/s1. The number of halogens is 1. The van der Waals surface area contributed by atoms with E-state index in [-0.39, 0.29) is 6.04 Å². The summed E-state index contributed by atoms with van der Waals surface area (Å²) < 4.78 is 1.61. The zero-order chi connectivity index (χ0) is 20.4. The molecular formula is C20H17ClN8. The second kappa shape index (κ2) is 7.73. The van der Waals surface area contributed by atoms with Gasteiger partial charge in [-0.05, 0) is 13.0 Å². The fraction of sp³-hybridized carbons (Fsp3) is 0.150. The molecule has 0 bridgehead atoms. The van der Waals surface area contributed by atoms with Crippen LogP contribution in [0.4, 0.5) is 17.3 Å². The molecule has 3 aromatic heterocycles. The highest BCUT2D eigenvalue weighted by Gasteiger charge is 2.19. The summed E-state index contributed by atoms with van der Waals surface area (Å²) >= 11 is 6.23. The van der Waals surface area contributed by atoms with Crippen molar-refractivity contribution in [3.8, 4) is 11.3 Å². The first-order valence-corrected chi connectivity index (χ1v) is 9.26. The molecule has 4 aromatic rings. The molecule has 4 rings (SSSR count). The van der Waals surface area contributed by atoms with Crippen LogP contribution in [0.5, 0.6) is 0 Å². The van der Waals surface area contributed by atoms with Gasteiger partial charge in [-0.1, -0.05) is 41.9 Å². The zero-order valence-electron chi connectivity index (χ0n) is 15.8. The Morgan fingerprint density at radius 1 is 1.14 bits per heavy atom. The molecule has 1 atom stereocenters. The Hall–Kier alpha value is -3.70. The number of nitrogens with zero attached hydrogens (tertiary/aromatic N) is 6. The fourth-order valence-electron chi connectivity index (χ4n) is 3.11. The minimum Gasteiger partial charge on any atom is -0.382 e. The average Bonchev–Trinajstić information content (AvgIpc) is 3.13. The van der Waals surface area contributed by atoms with Gasteiger partial charge in [0.15, 0.2) is 10.8 Å². The molecule has 0 saturated heterocycles. The highest BCUT2D eigenvalue weighted by molar-refractivity contribution is 6.29. The summed E-state index contributed by atoms with van der Waals surface area (Å²) in [6.07, 6.45) is 2.99. The first-order valence-electron chi connectivity index (χ1n) is 8.88. The van der Waals surface area contributed by atoms with E-state index in [0.717, 1.165) is 16.8 Å². The summed E-state index contributed by atoms with van der Waals surface area (Å²) in [5, 5.41) is 11.4. The number of rotatable bonds is 5. The second-order valence-electron chi connectivity index (χ2n) is 6.31. The molecule has 9 heteroatoms. The Kier molecular flexibility index (Phi) is 4.97. The third-order valence-electron chi connectivity index (χ3n) is 4.52. The summed E-state index contributed by atoms with van der Waals surface area (Å²) in [4.78, 5) is 16.2. The van der Waals surface area contributed by atoms with Crippen LogP contribution in [0.3, 0.4) is 0 Å². The van der Waals surface area contributed by atoms with Crippen LogP contribution in [0.25, 0.3) is 21.7 Å². The maximum Gasteiger partial charge on any atom is 0.269 e. The van der Waals surface area contributed by atoms with Crippen molar-refractivity contribution in [3.05, 3.63) is 71.1 Å². The Labute approximate surface area is 172 Å². The van der Waals surface area contributed by atoms with Gasteiger partial charge in [0.25, 0.3) is 5.69 Å². The topological polar surface area (TPSA) is 84.4 Å². The SMILES string of the molecule is [C-]#[N+]c1c(NC)ncnc1N[C@H](C)c1cc2ncc(Cl)n2nc1-c1ccccc1. The van der Waals surface area contributed by atoms with Crippen LogP contribution >= 0.6 is 11.6 Å². The highest BCUT2D eigenvalue weighted by atomic mass is 35.5. The molecule has 0 amide bonds. The number of fused-ring (bicyclic) bond motifs is 1. The van der Waals surface area contributed by atoms with Gasteiger partial charge in [0.2, 0.25) is 0 Å². The first kappa shape index (κ1) is 18.7. The van der Waals surface area contributed by atoms with Crippen molar-refractivity contribution in [1.82, 2.24) is 24.6 Å². The van der Waals surface area contributed by atoms with E-state index < -0.39 is 0 Å². The van der Waals surface area contributed by atoms with Gasteiger partial charge in [0.05, 0.1) is 24.5 Å². The predicted molar refractivity (Wildman–Crippen MR) is 113 cm³/mol. The molecule has 0 spiro atoms. The van der Waals surface area contributed by atoms with Crippen molar-refractivity contribution in [3.63, 3.8) is 0 Å². The zero-order valence-corrected chi connectivity index (χ0v) is 16.5. The van der Waals surface area contributed by atoms with E-state index >= 15 is 0 Å². The third-order valence-corrected chi connectivity index (χ3v) is 4.78. The molecule has 0 aliphatic heterocycles. The van der Waals surface area contributed by atoms with E-state index in [1.165, 1.54) is 6.33 Å². The molecule has 8 nitrogen and oxygen atoms in total. The van der Waals surface area contributed by atoms with Gasteiger partial charge >= 0.3 is 0 Å². The lowest BCUT2D eigenvalue weighted by atomic mass is 10.0. The van der Waals surface area contributed by atoms with E-state index in [0.29, 0.717) is 28.1 Å². The van der Waals surface area contributed by atoms with Crippen molar-refractivity contribution >= 4 is 34.6 Å². The van der Waals surface area contributed by atoms with Crippen molar-refractivity contribution in [2.75, 3.05) is 17.7 Å². The van der Waals surface area contributed by atoms with Gasteiger partial charge in [0, 0.05) is 18.2 Å². The Morgan fingerprint density at radius 3 is 2.62 bits per heavy atom. The third kappa shape index (κ3) is 3.44. The number of imidazole rings is 1. The maximum absolute atomic E-state index is 7.49. The summed E-state index contributed by atoms with van der Waals surface area (Å²) in [6.45, 7) is 9.48. The van der Waals surface area contributed by atoms with Gasteiger partial charge in [-0.2, -0.15) is 5.10 Å². The van der Waals surface area contributed by atoms with Crippen molar-refractivity contribution in [1.29, 1.82) is 0 Å². The normalized spacial score (nSPS) is 11.8. The van der Waals surface area contributed by atoms with Gasteiger partial charge < -0.3 is 10.6 Å². The van der Waals surface area contributed by atoms with E-state index in [2.05, 4.69) is 30.4 Å². The lowest BCUT2D eigenvalue weighted by molar-refractivity contribution is 0.841. The number of hydrogen-bond acceptors (Lipinski definition) is 6. The van der Waals surface area contributed by atoms with Crippen molar-refractivity contribution in [2.45, 2.75) is 13.0 Å². The molecule has 3 heterocycles. The molecule has 0 fully saturated rings. The second-order valence-corrected chi connectivity index (χ2v) is 6.70. The monoisotopic (exact) mass is 404 g/mol. The van der Waals surface area contributed by atoms with Crippen LogP contribution < -0.4 is 10.6 Å². The number of anilines is 2. The number of aromatic nitrogens is 5. The molecule has 0 saturated carbocycles. The molecule has 2 N–H and O–H groups in total. The van der Waals surface area contributed by atoms with E-state index in [4.69, 9.17) is 23.3 Å². The Bertz CT molecular complexity index is 1210. The summed E-state index contributed by atoms with van der Waals surface area (Å²) in [5.41, 5.74) is 3.60. The van der Waals surface area contributed by atoms with Gasteiger partial charge in [-0.15, -0.1) is 0 Å². The highest BCUT2D eigenvalue weighted by Crippen LogP contribution is 2.34. The van der Waals surface area contributed by atoms with E-state index in [1.807, 2.05) is 43.3 Å². The molecule has 0 aliphatic rings. The number of benzene rings is 1. The van der Waals surface area contributed by atoms with Gasteiger partial charge in [-0.25, -0.2) is 24.3 Å². The number of nitrogens with one attached hydrogen (secondary N) is 2. The summed E-state index contributed by atoms with van der Waals surface area (Å²) in [6, 6.07) is 11.6. The Morgan fingerprint density at radius 2 is 1.90 bits per heavy atom. The van der Waals surface area contributed by atoms with E-state index in [9.17, 15) is 0 Å². The fourth-order valence-corrected chi connectivity index (χ4v) is 3.28. The summed E-state index contributed by atoms with van der Waals surface area (Å²) in [7, 11) is 1.72. The minimum absolute atomic E-state index is 0.210. The molecule has 0 radical (unpaired) electrons. The lowest BCUT2D eigenvalue weighted by Crippen LogP contribution is -2.12. The average molecular weight is 405 g/mol. The van der Waals surface area contributed by atoms with Crippen LogP contribution in [0.2, 0.25) is 5.15 Å². The van der Waals surface area contributed by atoms with Crippen LogP contribution in [-0.4, -0.2) is 31.6 Å². The predicted octanol–water partition coefficient (Wildman–Crippen LogP) is 4.61. The van der Waals surface area contributed by atoms with Crippen molar-refractivity contribution in [2.24, 2.45) is 0 Å². The minimum atomic E-state index is -0.210. The van der Waals surface area contributed by atoms with Gasteiger partial charge in [-0.3, -0.25) is 0 Å². The van der Waals surface area contributed by atoms with Gasteiger partial charge in [0.1, 0.15) is 18.0 Å². The first-order chi connectivity index (χ1) is 14.1. The molecule has 144 valence electrons. The smallest absolute Gasteiger partial charge is 0.269 e. The van der Waals surface area contributed by atoms with Crippen LogP contribution in [0, 0.1) is 6.57 Å². The lowest BCUT2D eigenvalue weighted by Gasteiger charge is -2.19. The van der Waals surface area contributed by atoms with E-state index in [1.54, 1.807) is 17.8 Å². The quantitative estimate of drug-likeness (QED) is 0.473. The molecule has 0 unspecified atom stereocenters. The molecule has 29 heavy (non-hydrogen) atoms. The maximum atomic E-state index is 7.49. The Balaban J connectivity index is 1.82. The molecule has 0 aliphatic carbocycles. The van der Waals surface area contributed by atoms with Crippen LogP contribution in [0.15, 0.2) is 48.9 Å². The number of hydrogen-bond donors (Lipinski definition) is 2. The van der Waals surface area contributed by atoms with Crippen molar-refractivity contribution < 1.29 is 0 Å². The van der Waals surface area contributed by atoms with Crippen LogP contribution in [0.1, 0.15) is 18.5 Å².